The average molecular weight is 383 g/mol. The average Bonchev–Trinajstić information content (AvgIpc) is 3.01. The van der Waals surface area contributed by atoms with Crippen molar-refractivity contribution in [1.29, 1.82) is 0 Å². The van der Waals surface area contributed by atoms with Gasteiger partial charge in [-0.05, 0) is 56.2 Å². The maximum absolute atomic E-state index is 12.9. The van der Waals surface area contributed by atoms with Gasteiger partial charge in [0, 0.05) is 23.7 Å². The largest absolute Gasteiger partial charge is 0.453 e. The van der Waals surface area contributed by atoms with Crippen LogP contribution >= 0.6 is 0 Å². The second kappa shape index (κ2) is 8.33. The van der Waals surface area contributed by atoms with Crippen LogP contribution in [0.2, 0.25) is 0 Å². The molecule has 0 saturated heterocycles. The zero-order chi connectivity index (χ0) is 20.3. The highest BCUT2D eigenvalue weighted by molar-refractivity contribution is 6.00. The lowest BCUT2D eigenvalue weighted by Crippen LogP contribution is -2.43. The highest BCUT2D eigenvalue weighted by Gasteiger charge is 2.34. The maximum Gasteiger partial charge on any atom is 0.307 e. The molecule has 1 aliphatic rings. The number of amides is 1. The molecule has 1 aliphatic heterocycles. The molecule has 2 atom stereocenters. The van der Waals surface area contributed by atoms with Crippen LogP contribution in [0.3, 0.4) is 0 Å². The van der Waals surface area contributed by atoms with Crippen molar-refractivity contribution in [3.05, 3.63) is 65.5 Å². The Labute approximate surface area is 163 Å². The van der Waals surface area contributed by atoms with Crippen molar-refractivity contribution < 1.29 is 23.5 Å². The summed E-state index contributed by atoms with van der Waals surface area (Å²) in [5, 5.41) is 0. The van der Waals surface area contributed by atoms with Gasteiger partial charge in [-0.1, -0.05) is 18.2 Å². The quantitative estimate of drug-likeness (QED) is 0.564. The molecule has 0 bridgehead atoms. The Morgan fingerprint density at radius 2 is 1.79 bits per heavy atom. The molecule has 5 nitrogen and oxygen atoms in total. The molecule has 0 fully saturated rings. The van der Waals surface area contributed by atoms with Gasteiger partial charge in [-0.2, -0.15) is 0 Å². The van der Waals surface area contributed by atoms with Gasteiger partial charge in [-0.15, -0.1) is 0 Å². The minimum absolute atomic E-state index is 0.00824. The second-order valence-electron chi connectivity index (χ2n) is 6.95. The molecular formula is C22H22FNO4. The predicted octanol–water partition coefficient (Wildman–Crippen LogP) is 3.70. The molecule has 146 valence electrons. The predicted molar refractivity (Wildman–Crippen MR) is 103 cm³/mol. The van der Waals surface area contributed by atoms with Crippen LogP contribution in [0, 0.1) is 5.82 Å². The third-order valence-electron chi connectivity index (χ3n) is 4.82. The molecule has 0 saturated carbocycles. The minimum Gasteiger partial charge on any atom is -0.453 e. The Balaban J connectivity index is 1.55. The van der Waals surface area contributed by atoms with E-state index in [0.717, 1.165) is 17.7 Å². The lowest BCUT2D eigenvalue weighted by atomic mass is 10.1. The molecule has 0 spiro atoms. The number of para-hydroxylation sites is 1. The van der Waals surface area contributed by atoms with Gasteiger partial charge in [-0.3, -0.25) is 14.4 Å². The number of carbonyl (C=O) groups excluding carboxylic acids is 3. The van der Waals surface area contributed by atoms with Crippen molar-refractivity contribution in [1.82, 2.24) is 0 Å². The zero-order valence-corrected chi connectivity index (χ0v) is 15.9. The number of fused-ring (bicyclic) bond motifs is 1. The van der Waals surface area contributed by atoms with Crippen LogP contribution in [0.5, 0.6) is 0 Å². The van der Waals surface area contributed by atoms with Crippen molar-refractivity contribution in [3.8, 4) is 0 Å². The topological polar surface area (TPSA) is 63.7 Å². The number of carbonyl (C=O) groups is 3. The molecule has 0 N–H and O–H groups in total. The zero-order valence-electron chi connectivity index (χ0n) is 15.9. The van der Waals surface area contributed by atoms with Crippen LogP contribution in [0.1, 0.15) is 42.6 Å². The normalized spacial score (nSPS) is 16.4. The number of ketones is 1. The monoisotopic (exact) mass is 383 g/mol. The molecule has 28 heavy (non-hydrogen) atoms. The van der Waals surface area contributed by atoms with Crippen molar-refractivity contribution >= 4 is 23.3 Å². The summed E-state index contributed by atoms with van der Waals surface area (Å²) in [7, 11) is 0. The summed E-state index contributed by atoms with van der Waals surface area (Å²) in [6.45, 7) is 3.49. The van der Waals surface area contributed by atoms with Crippen molar-refractivity contribution in [2.45, 2.75) is 45.3 Å². The fraction of sp³-hybridized carbons (Fsp3) is 0.318. The smallest absolute Gasteiger partial charge is 0.307 e. The number of esters is 1. The number of benzene rings is 2. The van der Waals surface area contributed by atoms with E-state index < -0.39 is 17.9 Å². The van der Waals surface area contributed by atoms with Crippen LogP contribution in [-0.4, -0.2) is 29.8 Å². The Morgan fingerprint density at radius 3 is 2.50 bits per heavy atom. The first-order valence-electron chi connectivity index (χ1n) is 9.26. The highest BCUT2D eigenvalue weighted by atomic mass is 19.1. The van der Waals surface area contributed by atoms with E-state index in [1.54, 1.807) is 4.90 Å². The van der Waals surface area contributed by atoms with Gasteiger partial charge < -0.3 is 9.64 Å². The first-order chi connectivity index (χ1) is 13.4. The Morgan fingerprint density at radius 1 is 1.11 bits per heavy atom. The van der Waals surface area contributed by atoms with Crippen LogP contribution in [0.4, 0.5) is 10.1 Å². The number of nitrogens with zero attached hydrogens (tertiary/aromatic N) is 1. The summed E-state index contributed by atoms with van der Waals surface area (Å²) in [5.74, 6) is -1.61. The fourth-order valence-corrected chi connectivity index (χ4v) is 3.40. The standard InChI is InChI=1S/C22H22FNO4/c1-14-13-17-5-3-4-6-19(17)24(14)22(27)15(2)28-21(26)12-11-20(25)16-7-9-18(23)10-8-16/h3-10,14-15H,11-13H2,1-2H3/t14-,15+/m1/s1. The van der Waals surface area contributed by atoms with Gasteiger partial charge in [-0.25, -0.2) is 4.39 Å². The van der Waals surface area contributed by atoms with Crippen LogP contribution in [-0.2, 0) is 20.7 Å². The van der Waals surface area contributed by atoms with Crippen molar-refractivity contribution in [2.75, 3.05) is 4.90 Å². The summed E-state index contributed by atoms with van der Waals surface area (Å²) in [5.41, 5.74) is 2.27. The van der Waals surface area contributed by atoms with E-state index in [-0.39, 0.29) is 30.6 Å². The molecule has 0 radical (unpaired) electrons. The molecule has 1 amide bonds. The van der Waals surface area contributed by atoms with E-state index in [9.17, 15) is 18.8 Å². The number of hydrogen-bond donors (Lipinski definition) is 0. The van der Waals surface area contributed by atoms with E-state index in [2.05, 4.69) is 0 Å². The molecule has 2 aromatic carbocycles. The van der Waals surface area contributed by atoms with Crippen LogP contribution in [0.25, 0.3) is 0 Å². The SMILES string of the molecule is C[C@H](OC(=O)CCC(=O)c1ccc(F)cc1)C(=O)N1c2ccccc2C[C@H]1C. The lowest BCUT2D eigenvalue weighted by molar-refractivity contribution is -0.153. The maximum atomic E-state index is 12.9. The first kappa shape index (κ1) is 19.7. The fourth-order valence-electron chi connectivity index (χ4n) is 3.40. The van der Waals surface area contributed by atoms with E-state index in [0.29, 0.717) is 5.56 Å². The Hall–Kier alpha value is -3.02. The Bertz CT molecular complexity index is 894. The van der Waals surface area contributed by atoms with Gasteiger partial charge in [0.05, 0.1) is 6.42 Å². The van der Waals surface area contributed by atoms with Gasteiger partial charge in [0.1, 0.15) is 5.82 Å². The number of ether oxygens (including phenoxy) is 1. The second-order valence-corrected chi connectivity index (χ2v) is 6.95. The molecule has 6 heteroatoms. The Kier molecular flexibility index (Phi) is 5.87. The molecular weight excluding hydrogens is 361 g/mol. The molecule has 1 heterocycles. The third kappa shape index (κ3) is 4.27. The van der Waals surface area contributed by atoms with Crippen molar-refractivity contribution in [3.63, 3.8) is 0 Å². The molecule has 3 rings (SSSR count). The lowest BCUT2D eigenvalue weighted by Gasteiger charge is -2.25. The summed E-state index contributed by atoms with van der Waals surface area (Å²) >= 11 is 0. The number of Topliss-reactive ketones (excluding diaryl/α,β-unsaturated/α-hetero) is 1. The summed E-state index contributed by atoms with van der Waals surface area (Å²) in [6.07, 6.45) is -0.384. The number of hydrogen-bond acceptors (Lipinski definition) is 4. The summed E-state index contributed by atoms with van der Waals surface area (Å²) in [4.78, 5) is 38.6. The van der Waals surface area contributed by atoms with Gasteiger partial charge in [0.25, 0.3) is 5.91 Å². The van der Waals surface area contributed by atoms with Gasteiger partial charge in [0.15, 0.2) is 11.9 Å². The number of halogens is 1. The van der Waals surface area contributed by atoms with Gasteiger partial charge in [0.2, 0.25) is 0 Å². The minimum atomic E-state index is -0.943. The summed E-state index contributed by atoms with van der Waals surface area (Å²) < 4.78 is 18.2. The summed E-state index contributed by atoms with van der Waals surface area (Å²) in [6, 6.07) is 12.8. The van der Waals surface area contributed by atoms with E-state index in [4.69, 9.17) is 4.74 Å². The van der Waals surface area contributed by atoms with Crippen molar-refractivity contribution in [2.24, 2.45) is 0 Å². The molecule has 0 unspecified atom stereocenters. The third-order valence-corrected chi connectivity index (χ3v) is 4.82. The first-order valence-corrected chi connectivity index (χ1v) is 9.26. The number of rotatable bonds is 6. The number of anilines is 1. The van der Waals surface area contributed by atoms with Crippen LogP contribution < -0.4 is 4.90 Å². The van der Waals surface area contributed by atoms with E-state index >= 15 is 0 Å². The molecule has 2 aromatic rings. The highest BCUT2D eigenvalue weighted by Crippen LogP contribution is 2.32. The molecule has 0 aromatic heterocycles. The van der Waals surface area contributed by atoms with E-state index in [1.807, 2.05) is 31.2 Å². The van der Waals surface area contributed by atoms with E-state index in [1.165, 1.54) is 31.2 Å². The van der Waals surface area contributed by atoms with Crippen LogP contribution in [0.15, 0.2) is 48.5 Å². The molecule has 0 aliphatic carbocycles. The van der Waals surface area contributed by atoms with Gasteiger partial charge >= 0.3 is 5.97 Å².